The summed E-state index contributed by atoms with van der Waals surface area (Å²) in [5, 5.41) is 15.0. The number of aryl methyl sites for hydroxylation is 1. The number of aromatic nitrogens is 3. The fourth-order valence-corrected chi connectivity index (χ4v) is 3.88. The SMILES string of the molecule is CCc1nncn1CCNC(=NC)NCC(c1ccccc1OC)N1CCCC1. The number of benzene rings is 1. The first-order valence-electron chi connectivity index (χ1n) is 10.4. The van der Waals surface area contributed by atoms with E-state index in [1.54, 1.807) is 20.5 Å². The van der Waals surface area contributed by atoms with E-state index in [4.69, 9.17) is 4.74 Å². The first-order valence-corrected chi connectivity index (χ1v) is 10.4. The molecule has 0 spiro atoms. The fraction of sp³-hybridized carbons (Fsp3) is 0.571. The number of aliphatic imine (C=N–C) groups is 1. The number of hydrogen-bond donors (Lipinski definition) is 2. The second kappa shape index (κ2) is 10.8. The topological polar surface area (TPSA) is 79.6 Å². The lowest BCUT2D eigenvalue weighted by molar-refractivity contribution is 0.239. The first-order chi connectivity index (χ1) is 14.3. The highest BCUT2D eigenvalue weighted by Gasteiger charge is 2.26. The minimum absolute atomic E-state index is 0.247. The first kappa shape index (κ1) is 21.1. The van der Waals surface area contributed by atoms with Crippen LogP contribution in [0, 0.1) is 0 Å². The molecular weight excluding hydrogens is 366 g/mol. The van der Waals surface area contributed by atoms with Gasteiger partial charge in [0.15, 0.2) is 5.96 Å². The molecule has 1 aromatic carbocycles. The highest BCUT2D eigenvalue weighted by Crippen LogP contribution is 2.31. The van der Waals surface area contributed by atoms with Crippen LogP contribution in [-0.2, 0) is 13.0 Å². The number of ether oxygens (including phenoxy) is 1. The second-order valence-electron chi connectivity index (χ2n) is 7.17. The van der Waals surface area contributed by atoms with E-state index in [1.165, 1.54) is 18.4 Å². The van der Waals surface area contributed by atoms with E-state index in [0.717, 1.165) is 56.7 Å². The van der Waals surface area contributed by atoms with Crippen molar-refractivity contribution >= 4 is 5.96 Å². The molecule has 2 N–H and O–H groups in total. The molecule has 0 bridgehead atoms. The molecule has 0 radical (unpaired) electrons. The Balaban J connectivity index is 1.60. The predicted octanol–water partition coefficient (Wildman–Crippen LogP) is 1.85. The Morgan fingerprint density at radius 2 is 2.03 bits per heavy atom. The molecule has 0 aliphatic carbocycles. The van der Waals surface area contributed by atoms with Gasteiger partial charge in [0.2, 0.25) is 0 Å². The number of nitrogens with one attached hydrogen (secondary N) is 2. The van der Waals surface area contributed by atoms with Crippen LogP contribution >= 0.6 is 0 Å². The lowest BCUT2D eigenvalue weighted by Gasteiger charge is -2.30. The zero-order chi connectivity index (χ0) is 20.5. The van der Waals surface area contributed by atoms with Crippen molar-refractivity contribution in [1.82, 2.24) is 30.3 Å². The maximum atomic E-state index is 5.63. The average Bonchev–Trinajstić information content (AvgIpc) is 3.45. The van der Waals surface area contributed by atoms with Crippen LogP contribution in [0.5, 0.6) is 5.75 Å². The standard InChI is InChI=1S/C21H33N7O/c1-4-20-26-25-16-28(20)14-11-23-21(22-2)24-15-18(27-12-7-8-13-27)17-9-5-6-10-19(17)29-3/h5-6,9-10,16,18H,4,7-8,11-15H2,1-3H3,(H2,22,23,24). The minimum Gasteiger partial charge on any atom is -0.496 e. The maximum absolute atomic E-state index is 5.63. The van der Waals surface area contributed by atoms with Crippen molar-refractivity contribution in [2.24, 2.45) is 4.99 Å². The van der Waals surface area contributed by atoms with Gasteiger partial charge in [-0.1, -0.05) is 25.1 Å². The largest absolute Gasteiger partial charge is 0.496 e. The number of guanidine groups is 1. The van der Waals surface area contributed by atoms with Gasteiger partial charge in [-0.2, -0.15) is 0 Å². The smallest absolute Gasteiger partial charge is 0.191 e. The van der Waals surface area contributed by atoms with E-state index in [2.05, 4.69) is 54.3 Å². The van der Waals surface area contributed by atoms with Crippen molar-refractivity contribution in [2.45, 2.75) is 38.8 Å². The van der Waals surface area contributed by atoms with Crippen molar-refractivity contribution in [3.05, 3.63) is 42.0 Å². The molecule has 1 unspecified atom stereocenters. The van der Waals surface area contributed by atoms with Gasteiger partial charge in [0.25, 0.3) is 0 Å². The summed E-state index contributed by atoms with van der Waals surface area (Å²) in [7, 11) is 3.54. The summed E-state index contributed by atoms with van der Waals surface area (Å²) in [6, 6.07) is 8.55. The van der Waals surface area contributed by atoms with Crippen LogP contribution in [0.15, 0.2) is 35.6 Å². The van der Waals surface area contributed by atoms with Gasteiger partial charge in [-0.05, 0) is 32.0 Å². The summed E-state index contributed by atoms with van der Waals surface area (Å²) < 4.78 is 7.70. The van der Waals surface area contributed by atoms with Crippen LogP contribution in [0.1, 0.15) is 37.2 Å². The molecule has 0 saturated carbocycles. The Morgan fingerprint density at radius 3 is 2.76 bits per heavy atom. The molecule has 1 atom stereocenters. The molecule has 2 aromatic rings. The molecule has 158 valence electrons. The zero-order valence-corrected chi connectivity index (χ0v) is 17.8. The van der Waals surface area contributed by atoms with Crippen molar-refractivity contribution < 1.29 is 4.74 Å². The second-order valence-corrected chi connectivity index (χ2v) is 7.17. The van der Waals surface area contributed by atoms with Crippen LogP contribution in [0.4, 0.5) is 0 Å². The number of nitrogens with zero attached hydrogens (tertiary/aromatic N) is 5. The minimum atomic E-state index is 0.247. The third kappa shape index (κ3) is 5.47. The average molecular weight is 400 g/mol. The highest BCUT2D eigenvalue weighted by molar-refractivity contribution is 5.79. The van der Waals surface area contributed by atoms with Gasteiger partial charge < -0.3 is 19.9 Å². The molecular formula is C21H33N7O. The van der Waals surface area contributed by atoms with Gasteiger partial charge in [-0.3, -0.25) is 9.89 Å². The van der Waals surface area contributed by atoms with E-state index in [1.807, 2.05) is 12.1 Å². The molecule has 1 saturated heterocycles. The molecule has 2 heterocycles. The number of methoxy groups -OCH3 is 1. The van der Waals surface area contributed by atoms with Gasteiger partial charge in [0, 0.05) is 38.7 Å². The molecule has 1 aliphatic heterocycles. The summed E-state index contributed by atoms with van der Waals surface area (Å²) in [5.41, 5.74) is 1.22. The van der Waals surface area contributed by atoms with Gasteiger partial charge in [-0.15, -0.1) is 10.2 Å². The Kier molecular flexibility index (Phi) is 7.86. The third-order valence-corrected chi connectivity index (χ3v) is 5.42. The molecule has 0 amide bonds. The monoisotopic (exact) mass is 399 g/mol. The summed E-state index contributed by atoms with van der Waals surface area (Å²) in [6.07, 6.45) is 5.15. The van der Waals surface area contributed by atoms with E-state index in [-0.39, 0.29) is 6.04 Å². The lowest BCUT2D eigenvalue weighted by atomic mass is 10.0. The van der Waals surface area contributed by atoms with Crippen molar-refractivity contribution in [1.29, 1.82) is 0 Å². The van der Waals surface area contributed by atoms with Crippen LogP contribution in [0.25, 0.3) is 0 Å². The number of likely N-dealkylation sites (tertiary alicyclic amines) is 1. The van der Waals surface area contributed by atoms with Gasteiger partial charge in [-0.25, -0.2) is 0 Å². The van der Waals surface area contributed by atoms with Gasteiger partial charge >= 0.3 is 0 Å². The number of rotatable bonds is 9. The van der Waals surface area contributed by atoms with Crippen molar-refractivity contribution in [3.63, 3.8) is 0 Å². The summed E-state index contributed by atoms with van der Waals surface area (Å²) in [5.74, 6) is 2.74. The highest BCUT2D eigenvalue weighted by atomic mass is 16.5. The summed E-state index contributed by atoms with van der Waals surface area (Å²) in [6.45, 7) is 6.65. The molecule has 1 aromatic heterocycles. The summed E-state index contributed by atoms with van der Waals surface area (Å²) >= 11 is 0. The fourth-order valence-electron chi connectivity index (χ4n) is 3.88. The zero-order valence-electron chi connectivity index (χ0n) is 17.8. The third-order valence-electron chi connectivity index (χ3n) is 5.42. The van der Waals surface area contributed by atoms with Crippen molar-refractivity contribution in [2.75, 3.05) is 40.3 Å². The van der Waals surface area contributed by atoms with Crippen LogP contribution in [-0.4, -0.2) is 66.0 Å². The van der Waals surface area contributed by atoms with Crippen LogP contribution in [0.3, 0.4) is 0 Å². The molecule has 1 aliphatic rings. The lowest BCUT2D eigenvalue weighted by Crippen LogP contribution is -2.43. The Labute approximate surface area is 173 Å². The van der Waals surface area contributed by atoms with E-state index in [9.17, 15) is 0 Å². The Bertz CT molecular complexity index is 783. The van der Waals surface area contributed by atoms with E-state index in [0.29, 0.717) is 0 Å². The molecule has 1 fully saturated rings. The molecule has 3 rings (SSSR count). The van der Waals surface area contributed by atoms with Crippen LogP contribution in [0.2, 0.25) is 0 Å². The van der Waals surface area contributed by atoms with Gasteiger partial charge in [0.1, 0.15) is 17.9 Å². The number of hydrogen-bond acceptors (Lipinski definition) is 5. The van der Waals surface area contributed by atoms with Crippen LogP contribution < -0.4 is 15.4 Å². The Morgan fingerprint density at radius 1 is 1.24 bits per heavy atom. The predicted molar refractivity (Wildman–Crippen MR) is 115 cm³/mol. The van der Waals surface area contributed by atoms with Gasteiger partial charge in [0.05, 0.1) is 13.2 Å². The quantitative estimate of drug-likeness (QED) is 0.495. The van der Waals surface area contributed by atoms with E-state index >= 15 is 0 Å². The molecule has 8 nitrogen and oxygen atoms in total. The Hall–Kier alpha value is -2.61. The summed E-state index contributed by atoms with van der Waals surface area (Å²) in [4.78, 5) is 6.92. The van der Waals surface area contributed by atoms with E-state index < -0.39 is 0 Å². The van der Waals surface area contributed by atoms with Crippen molar-refractivity contribution in [3.8, 4) is 5.75 Å². The molecule has 29 heavy (non-hydrogen) atoms. The normalized spacial score (nSPS) is 16.0. The number of para-hydroxylation sites is 1. The molecule has 8 heteroatoms. The maximum Gasteiger partial charge on any atom is 0.191 e.